The molecule has 0 aromatic heterocycles. The number of carbonyl (C=O) groups excluding carboxylic acids is 3. The standard InChI is InChI=1S/C28H32N2O4/c1-26(2)27(3)14-15-28(26,25(33)34-24(27)32)23(31)30-18-16-29(17-19-30)22(20-10-6-4-7-11-20)21-12-8-5-9-13-21/h4-13,22H,14-19H2,1-3H3. The molecule has 2 aromatic rings. The van der Waals surface area contributed by atoms with Crippen LogP contribution in [0.2, 0.25) is 0 Å². The molecule has 1 aliphatic carbocycles. The maximum absolute atomic E-state index is 13.9. The predicted octanol–water partition coefficient (Wildman–Crippen LogP) is 3.82. The molecule has 3 aliphatic rings. The Morgan fingerprint density at radius 1 is 0.794 bits per heavy atom. The third kappa shape index (κ3) is 3.08. The van der Waals surface area contributed by atoms with Gasteiger partial charge < -0.3 is 9.64 Å². The molecule has 5 rings (SSSR count). The number of amides is 1. The van der Waals surface area contributed by atoms with Gasteiger partial charge in [0.1, 0.15) is 0 Å². The molecule has 6 nitrogen and oxygen atoms in total. The van der Waals surface area contributed by atoms with Gasteiger partial charge in [-0.1, -0.05) is 74.5 Å². The van der Waals surface area contributed by atoms with Gasteiger partial charge in [0, 0.05) is 31.6 Å². The molecule has 2 aliphatic heterocycles. The SMILES string of the molecule is CC12CCC(C(=O)N3CCN(C(c4ccccc4)c4ccccc4)CC3)(C(=O)OC1=O)C2(C)C. The number of cyclic esters (lactones) is 2. The lowest BCUT2D eigenvalue weighted by Crippen LogP contribution is -2.64. The molecule has 0 spiro atoms. The lowest BCUT2D eigenvalue weighted by Gasteiger charge is -2.50. The van der Waals surface area contributed by atoms with Gasteiger partial charge in [-0.2, -0.15) is 0 Å². The number of hydrogen-bond acceptors (Lipinski definition) is 5. The summed E-state index contributed by atoms with van der Waals surface area (Å²) in [5.41, 5.74) is -0.486. The van der Waals surface area contributed by atoms with Crippen LogP contribution < -0.4 is 0 Å². The van der Waals surface area contributed by atoms with Crippen LogP contribution >= 0.6 is 0 Å². The number of esters is 2. The molecule has 2 heterocycles. The van der Waals surface area contributed by atoms with Gasteiger partial charge >= 0.3 is 11.9 Å². The Morgan fingerprint density at radius 2 is 1.32 bits per heavy atom. The molecule has 34 heavy (non-hydrogen) atoms. The molecule has 2 atom stereocenters. The van der Waals surface area contributed by atoms with Gasteiger partial charge in [-0.3, -0.25) is 19.3 Å². The van der Waals surface area contributed by atoms with E-state index in [0.29, 0.717) is 39.0 Å². The second-order valence-electron chi connectivity index (χ2n) is 10.6. The zero-order valence-corrected chi connectivity index (χ0v) is 20.1. The van der Waals surface area contributed by atoms with Gasteiger partial charge in [0.25, 0.3) is 0 Å². The van der Waals surface area contributed by atoms with Crippen molar-refractivity contribution in [3.8, 4) is 0 Å². The molecule has 6 heteroatoms. The Balaban J connectivity index is 1.38. The molecule has 2 aromatic carbocycles. The van der Waals surface area contributed by atoms with E-state index in [9.17, 15) is 14.4 Å². The van der Waals surface area contributed by atoms with Crippen molar-refractivity contribution in [1.29, 1.82) is 0 Å². The normalized spacial score (nSPS) is 28.8. The van der Waals surface area contributed by atoms with Gasteiger partial charge in [-0.05, 0) is 30.9 Å². The van der Waals surface area contributed by atoms with E-state index in [-0.39, 0.29) is 11.9 Å². The second-order valence-corrected chi connectivity index (χ2v) is 10.6. The smallest absolute Gasteiger partial charge is 0.329 e. The van der Waals surface area contributed by atoms with Crippen LogP contribution in [0.1, 0.15) is 50.8 Å². The van der Waals surface area contributed by atoms with Gasteiger partial charge in [0.05, 0.1) is 11.5 Å². The van der Waals surface area contributed by atoms with E-state index >= 15 is 0 Å². The third-order valence-electron chi connectivity index (χ3n) is 8.99. The van der Waals surface area contributed by atoms with Crippen molar-refractivity contribution in [2.24, 2.45) is 16.2 Å². The molecule has 0 N–H and O–H groups in total. The minimum atomic E-state index is -1.30. The number of nitrogens with zero attached hydrogens (tertiary/aromatic N) is 2. The maximum Gasteiger partial charge on any atom is 0.329 e. The highest BCUT2D eigenvalue weighted by molar-refractivity contribution is 6.11. The Kier molecular flexibility index (Phi) is 5.40. The van der Waals surface area contributed by atoms with Crippen molar-refractivity contribution in [3.05, 3.63) is 71.8 Å². The Morgan fingerprint density at radius 3 is 1.85 bits per heavy atom. The maximum atomic E-state index is 13.9. The molecule has 0 radical (unpaired) electrons. The van der Waals surface area contributed by atoms with Crippen LogP contribution in [0, 0.1) is 16.2 Å². The lowest BCUT2D eigenvalue weighted by atomic mass is 9.56. The van der Waals surface area contributed by atoms with Crippen molar-refractivity contribution in [2.75, 3.05) is 26.2 Å². The summed E-state index contributed by atoms with van der Waals surface area (Å²) in [4.78, 5) is 43.8. The van der Waals surface area contributed by atoms with Crippen LogP contribution in [0.4, 0.5) is 0 Å². The number of rotatable bonds is 4. The fourth-order valence-corrected chi connectivity index (χ4v) is 6.33. The molecule has 2 unspecified atom stereocenters. The van der Waals surface area contributed by atoms with Crippen molar-refractivity contribution < 1.29 is 19.1 Å². The number of ether oxygens (including phenoxy) is 1. The highest BCUT2D eigenvalue weighted by Crippen LogP contribution is 2.66. The summed E-state index contributed by atoms with van der Waals surface area (Å²) < 4.78 is 5.17. The molecule has 2 bridgehead atoms. The number of hydrogen-bond donors (Lipinski definition) is 0. The van der Waals surface area contributed by atoms with E-state index < -0.39 is 28.2 Å². The summed E-state index contributed by atoms with van der Waals surface area (Å²) in [5, 5.41) is 0. The first kappa shape index (κ1) is 22.8. The fraction of sp³-hybridized carbons (Fsp3) is 0.464. The zero-order valence-electron chi connectivity index (χ0n) is 20.1. The van der Waals surface area contributed by atoms with E-state index in [0.717, 1.165) is 0 Å². The average molecular weight is 461 g/mol. The lowest BCUT2D eigenvalue weighted by molar-refractivity contribution is -0.199. The fourth-order valence-electron chi connectivity index (χ4n) is 6.33. The minimum absolute atomic E-state index is 0.0984. The van der Waals surface area contributed by atoms with E-state index in [1.807, 2.05) is 37.8 Å². The van der Waals surface area contributed by atoms with Gasteiger partial charge in [0.15, 0.2) is 5.41 Å². The van der Waals surface area contributed by atoms with Crippen molar-refractivity contribution in [3.63, 3.8) is 0 Å². The van der Waals surface area contributed by atoms with Crippen molar-refractivity contribution in [1.82, 2.24) is 9.80 Å². The number of fused-ring (bicyclic) bond motifs is 2. The molecule has 1 saturated carbocycles. The first-order valence-corrected chi connectivity index (χ1v) is 12.1. The van der Waals surface area contributed by atoms with Crippen LogP contribution in [0.15, 0.2) is 60.7 Å². The van der Waals surface area contributed by atoms with Gasteiger partial charge in [0.2, 0.25) is 5.91 Å². The average Bonchev–Trinajstić information content (AvgIpc) is 3.00. The summed E-state index contributed by atoms with van der Waals surface area (Å²) in [5.74, 6) is -1.35. The zero-order chi connectivity index (χ0) is 24.1. The molecular formula is C28H32N2O4. The number of piperazine rings is 1. The Labute approximate surface area is 200 Å². The topological polar surface area (TPSA) is 66.9 Å². The molecular weight excluding hydrogens is 428 g/mol. The molecule has 1 amide bonds. The van der Waals surface area contributed by atoms with Crippen LogP contribution in [0.5, 0.6) is 0 Å². The minimum Gasteiger partial charge on any atom is -0.392 e. The Bertz CT molecular complexity index is 1070. The molecule has 2 saturated heterocycles. The Hall–Kier alpha value is -2.99. The van der Waals surface area contributed by atoms with Crippen LogP contribution in [0.25, 0.3) is 0 Å². The monoisotopic (exact) mass is 460 g/mol. The quantitative estimate of drug-likeness (QED) is 0.513. The number of carbonyl (C=O) groups is 3. The summed E-state index contributed by atoms with van der Waals surface area (Å²) in [6.45, 7) is 8.05. The summed E-state index contributed by atoms with van der Waals surface area (Å²) in [6.07, 6.45) is 0.844. The largest absolute Gasteiger partial charge is 0.392 e. The van der Waals surface area contributed by atoms with Crippen LogP contribution in [-0.2, 0) is 19.1 Å². The first-order chi connectivity index (χ1) is 16.2. The van der Waals surface area contributed by atoms with E-state index in [2.05, 4.69) is 53.4 Å². The summed E-state index contributed by atoms with van der Waals surface area (Å²) >= 11 is 0. The molecule has 178 valence electrons. The van der Waals surface area contributed by atoms with Crippen LogP contribution in [0.3, 0.4) is 0 Å². The van der Waals surface area contributed by atoms with Crippen molar-refractivity contribution >= 4 is 17.8 Å². The first-order valence-electron chi connectivity index (χ1n) is 12.1. The second kappa shape index (κ2) is 8.05. The van der Waals surface area contributed by atoms with Gasteiger partial charge in [-0.25, -0.2) is 0 Å². The molecule has 3 fully saturated rings. The van der Waals surface area contributed by atoms with E-state index in [1.165, 1.54) is 11.1 Å². The third-order valence-corrected chi connectivity index (χ3v) is 8.99. The highest BCUT2D eigenvalue weighted by atomic mass is 16.6. The van der Waals surface area contributed by atoms with Gasteiger partial charge in [-0.15, -0.1) is 0 Å². The number of benzene rings is 2. The predicted molar refractivity (Wildman–Crippen MR) is 128 cm³/mol. The highest BCUT2D eigenvalue weighted by Gasteiger charge is 2.75. The van der Waals surface area contributed by atoms with Crippen molar-refractivity contribution in [2.45, 2.75) is 39.7 Å². The van der Waals surface area contributed by atoms with Crippen LogP contribution in [-0.4, -0.2) is 53.8 Å². The van der Waals surface area contributed by atoms with E-state index in [1.54, 1.807) is 0 Å². The summed E-state index contributed by atoms with van der Waals surface area (Å²) in [6, 6.07) is 20.9. The summed E-state index contributed by atoms with van der Waals surface area (Å²) in [7, 11) is 0. The van der Waals surface area contributed by atoms with E-state index in [4.69, 9.17) is 4.74 Å².